The van der Waals surface area contributed by atoms with Crippen LogP contribution in [-0.2, 0) is 16.4 Å². The highest BCUT2D eigenvalue weighted by Crippen LogP contribution is 2.20. The van der Waals surface area contributed by atoms with E-state index in [1.807, 2.05) is 10.8 Å². The molecule has 2 aromatic heterocycles. The fraction of sp³-hybridized carbons (Fsp3) is 0.333. The summed E-state index contributed by atoms with van der Waals surface area (Å²) >= 11 is 0. The van der Waals surface area contributed by atoms with Gasteiger partial charge in [0.2, 0.25) is 0 Å². The Hall–Kier alpha value is -2.52. The number of imidazole rings is 1. The van der Waals surface area contributed by atoms with Crippen LogP contribution in [0, 0.1) is 5.82 Å². The van der Waals surface area contributed by atoms with Crippen molar-refractivity contribution in [2.24, 2.45) is 0 Å². The number of nitrogens with one attached hydrogen (secondary N) is 1. The Kier molecular flexibility index (Phi) is 4.79. The monoisotopic (exact) mass is 389 g/mol. The lowest BCUT2D eigenvalue weighted by Gasteiger charge is -2.12. The first-order valence-corrected chi connectivity index (χ1v) is 10.6. The third-order valence-electron chi connectivity index (χ3n) is 4.70. The number of halogens is 1. The molecule has 9 heteroatoms. The van der Waals surface area contributed by atoms with Crippen molar-refractivity contribution < 1.29 is 12.8 Å². The first-order valence-electron chi connectivity index (χ1n) is 8.75. The summed E-state index contributed by atoms with van der Waals surface area (Å²) in [6.07, 6.45) is 7.80. The smallest absolute Gasteiger partial charge is 0.151 e. The minimum absolute atomic E-state index is 0.0307. The summed E-state index contributed by atoms with van der Waals surface area (Å²) in [7, 11) is -2.87. The number of hydrogen-bond donors (Lipinski definition) is 1. The van der Waals surface area contributed by atoms with E-state index in [9.17, 15) is 12.8 Å². The maximum absolute atomic E-state index is 13.1. The molecule has 0 saturated carbocycles. The molecular formula is C18H20FN5O2S. The highest BCUT2D eigenvalue weighted by atomic mass is 32.2. The van der Waals surface area contributed by atoms with E-state index >= 15 is 0 Å². The van der Waals surface area contributed by atoms with Gasteiger partial charge in [-0.05, 0) is 30.7 Å². The molecular weight excluding hydrogens is 369 g/mol. The average molecular weight is 389 g/mol. The SMILES string of the molecule is O=S1(=O)CC[C@H](NCCn2cncc2-c2cnn(-c3ccc(F)cc3)c2)C1. The normalized spacial score (nSPS) is 18.8. The van der Waals surface area contributed by atoms with E-state index in [0.717, 1.165) is 16.9 Å². The van der Waals surface area contributed by atoms with Gasteiger partial charge in [-0.3, -0.25) is 0 Å². The third kappa shape index (κ3) is 4.09. The van der Waals surface area contributed by atoms with Crippen LogP contribution in [0.2, 0.25) is 0 Å². The summed E-state index contributed by atoms with van der Waals surface area (Å²) in [6, 6.07) is 6.17. The van der Waals surface area contributed by atoms with Crippen LogP contribution < -0.4 is 5.32 Å². The quantitative estimate of drug-likeness (QED) is 0.693. The van der Waals surface area contributed by atoms with Crippen molar-refractivity contribution in [1.82, 2.24) is 24.6 Å². The molecule has 0 amide bonds. The van der Waals surface area contributed by atoms with E-state index in [4.69, 9.17) is 0 Å². The van der Waals surface area contributed by atoms with Gasteiger partial charge in [-0.15, -0.1) is 0 Å². The van der Waals surface area contributed by atoms with Crippen LogP contribution in [0.25, 0.3) is 16.9 Å². The van der Waals surface area contributed by atoms with E-state index in [0.29, 0.717) is 19.5 Å². The third-order valence-corrected chi connectivity index (χ3v) is 6.47. The largest absolute Gasteiger partial charge is 0.329 e. The van der Waals surface area contributed by atoms with Crippen molar-refractivity contribution in [2.75, 3.05) is 18.1 Å². The molecule has 3 aromatic rings. The van der Waals surface area contributed by atoms with E-state index in [1.165, 1.54) is 12.1 Å². The summed E-state index contributed by atoms with van der Waals surface area (Å²) in [5.41, 5.74) is 2.60. The van der Waals surface area contributed by atoms with Gasteiger partial charge >= 0.3 is 0 Å². The predicted molar refractivity (Wildman–Crippen MR) is 99.8 cm³/mol. The van der Waals surface area contributed by atoms with Gasteiger partial charge in [0, 0.05) is 30.9 Å². The van der Waals surface area contributed by atoms with Gasteiger partial charge in [-0.25, -0.2) is 22.5 Å². The number of sulfone groups is 1. The molecule has 0 aliphatic carbocycles. The maximum Gasteiger partial charge on any atom is 0.151 e. The van der Waals surface area contributed by atoms with E-state index < -0.39 is 9.84 Å². The molecule has 1 aliphatic heterocycles. The van der Waals surface area contributed by atoms with Crippen LogP contribution in [0.5, 0.6) is 0 Å². The van der Waals surface area contributed by atoms with Gasteiger partial charge in [0.1, 0.15) is 5.82 Å². The summed E-state index contributed by atoms with van der Waals surface area (Å²) in [5.74, 6) is 0.199. The Balaban J connectivity index is 1.42. The van der Waals surface area contributed by atoms with E-state index in [2.05, 4.69) is 15.4 Å². The van der Waals surface area contributed by atoms with Gasteiger partial charge in [-0.2, -0.15) is 5.10 Å². The number of rotatable bonds is 6. The zero-order valence-corrected chi connectivity index (χ0v) is 15.4. The fourth-order valence-electron chi connectivity index (χ4n) is 3.27. The fourth-order valence-corrected chi connectivity index (χ4v) is 4.98. The average Bonchev–Trinajstić information content (AvgIpc) is 3.35. The van der Waals surface area contributed by atoms with Crippen molar-refractivity contribution in [3.8, 4) is 16.9 Å². The zero-order valence-electron chi connectivity index (χ0n) is 14.6. The molecule has 1 saturated heterocycles. The summed E-state index contributed by atoms with van der Waals surface area (Å²) < 4.78 is 39.8. The maximum atomic E-state index is 13.1. The second-order valence-corrected chi connectivity index (χ2v) is 8.91. The number of hydrogen-bond acceptors (Lipinski definition) is 5. The van der Waals surface area contributed by atoms with Crippen LogP contribution in [-0.4, -0.2) is 51.8 Å². The van der Waals surface area contributed by atoms with Gasteiger partial charge < -0.3 is 9.88 Å². The lowest BCUT2D eigenvalue weighted by molar-refractivity contribution is 0.521. The van der Waals surface area contributed by atoms with E-state index in [1.54, 1.807) is 35.5 Å². The molecule has 0 unspecified atom stereocenters. The Morgan fingerprint density at radius 3 is 2.78 bits per heavy atom. The van der Waals surface area contributed by atoms with E-state index in [-0.39, 0.29) is 23.4 Å². The van der Waals surface area contributed by atoms with Gasteiger partial charge in [0.05, 0.1) is 41.6 Å². The summed E-state index contributed by atoms with van der Waals surface area (Å²) in [5, 5.41) is 7.65. The Morgan fingerprint density at radius 2 is 2.04 bits per heavy atom. The van der Waals surface area contributed by atoms with Crippen LogP contribution >= 0.6 is 0 Å². The molecule has 0 radical (unpaired) electrons. The predicted octanol–water partition coefficient (Wildman–Crippen LogP) is 1.65. The van der Waals surface area contributed by atoms with Crippen molar-refractivity contribution in [1.29, 1.82) is 0 Å². The number of aromatic nitrogens is 4. The minimum atomic E-state index is -2.87. The molecule has 0 bridgehead atoms. The Morgan fingerprint density at radius 1 is 1.22 bits per heavy atom. The topological polar surface area (TPSA) is 81.8 Å². The molecule has 0 spiro atoms. The van der Waals surface area contributed by atoms with Gasteiger partial charge in [-0.1, -0.05) is 0 Å². The highest BCUT2D eigenvalue weighted by molar-refractivity contribution is 7.91. The molecule has 7 nitrogen and oxygen atoms in total. The number of benzene rings is 1. The minimum Gasteiger partial charge on any atom is -0.329 e. The molecule has 27 heavy (non-hydrogen) atoms. The van der Waals surface area contributed by atoms with Crippen LogP contribution in [0.1, 0.15) is 6.42 Å². The molecule has 4 rings (SSSR count). The molecule has 142 valence electrons. The Bertz CT molecular complexity index is 1030. The molecule has 1 fully saturated rings. The molecule has 1 N–H and O–H groups in total. The molecule has 3 heterocycles. The first-order chi connectivity index (χ1) is 13.0. The Labute approximate surface area is 156 Å². The lowest BCUT2D eigenvalue weighted by atomic mass is 10.2. The molecule has 1 aromatic carbocycles. The van der Waals surface area contributed by atoms with Crippen molar-refractivity contribution in [3.05, 3.63) is 55.0 Å². The van der Waals surface area contributed by atoms with Gasteiger partial charge in [0.15, 0.2) is 9.84 Å². The highest BCUT2D eigenvalue weighted by Gasteiger charge is 2.27. The van der Waals surface area contributed by atoms with Crippen LogP contribution in [0.15, 0.2) is 49.2 Å². The van der Waals surface area contributed by atoms with Crippen molar-refractivity contribution in [2.45, 2.75) is 19.0 Å². The lowest BCUT2D eigenvalue weighted by Crippen LogP contribution is -2.32. The summed E-state index contributed by atoms with van der Waals surface area (Å²) in [4.78, 5) is 4.22. The molecule has 1 aliphatic rings. The van der Waals surface area contributed by atoms with Gasteiger partial charge in [0.25, 0.3) is 0 Å². The number of nitrogens with zero attached hydrogens (tertiary/aromatic N) is 4. The van der Waals surface area contributed by atoms with Crippen LogP contribution in [0.3, 0.4) is 0 Å². The second-order valence-electron chi connectivity index (χ2n) is 6.68. The second kappa shape index (κ2) is 7.24. The van der Waals surface area contributed by atoms with Crippen LogP contribution in [0.4, 0.5) is 4.39 Å². The van der Waals surface area contributed by atoms with Crippen molar-refractivity contribution >= 4 is 9.84 Å². The zero-order chi connectivity index (χ0) is 18.9. The first kappa shape index (κ1) is 17.9. The standard InChI is InChI=1S/C18H20FN5O2S/c19-15-1-3-17(4-2-15)24-11-14(9-22-24)18-10-20-13-23(18)7-6-21-16-5-8-27(25,26)12-16/h1-4,9-11,13,16,21H,5-8,12H2/t16-/m0/s1. The molecule has 1 atom stereocenters. The van der Waals surface area contributed by atoms with Crippen molar-refractivity contribution in [3.63, 3.8) is 0 Å². The summed E-state index contributed by atoms with van der Waals surface area (Å²) in [6.45, 7) is 1.34.